The fourth-order valence-corrected chi connectivity index (χ4v) is 5.32. The number of rotatable bonds is 9. The van der Waals surface area contributed by atoms with E-state index in [9.17, 15) is 4.79 Å². The molecule has 5 rings (SSSR count). The van der Waals surface area contributed by atoms with Crippen LogP contribution in [0.2, 0.25) is 0 Å². The number of carbonyl (C=O) groups is 1. The number of hydrogen-bond donors (Lipinski definition) is 2. The molecule has 218 valence electrons. The molecule has 4 aromatic rings. The van der Waals surface area contributed by atoms with E-state index in [4.69, 9.17) is 4.74 Å². The molecule has 0 radical (unpaired) electrons. The zero-order chi connectivity index (χ0) is 29.5. The van der Waals surface area contributed by atoms with Gasteiger partial charge in [-0.3, -0.25) is 9.69 Å². The first-order valence-corrected chi connectivity index (χ1v) is 14.6. The fraction of sp³-hybridized carbons (Fsp3) is 0.353. The van der Waals surface area contributed by atoms with E-state index in [-0.39, 0.29) is 11.3 Å². The van der Waals surface area contributed by atoms with Crippen LogP contribution >= 0.6 is 0 Å². The van der Waals surface area contributed by atoms with E-state index in [1.165, 1.54) is 17.5 Å². The van der Waals surface area contributed by atoms with Crippen molar-refractivity contribution in [2.24, 2.45) is 0 Å². The lowest BCUT2D eigenvalue weighted by atomic mass is 9.82. The Labute approximate surface area is 248 Å². The van der Waals surface area contributed by atoms with Crippen molar-refractivity contribution in [2.45, 2.75) is 46.0 Å². The van der Waals surface area contributed by atoms with E-state index in [0.29, 0.717) is 11.4 Å². The second kappa shape index (κ2) is 13.2. The topological polar surface area (TPSA) is 92.3 Å². The fourth-order valence-electron chi connectivity index (χ4n) is 5.32. The van der Waals surface area contributed by atoms with Crippen LogP contribution in [-0.2, 0) is 16.6 Å². The van der Waals surface area contributed by atoms with Gasteiger partial charge in [0.2, 0.25) is 0 Å². The van der Waals surface area contributed by atoms with Crippen LogP contribution in [0.15, 0.2) is 73.3 Å². The van der Waals surface area contributed by atoms with E-state index in [1.54, 1.807) is 12.4 Å². The Morgan fingerprint density at radius 3 is 2.60 bits per heavy atom. The molecule has 0 bridgehead atoms. The van der Waals surface area contributed by atoms with Crippen LogP contribution in [0.5, 0.6) is 0 Å². The molecule has 0 spiro atoms. The van der Waals surface area contributed by atoms with Crippen molar-refractivity contribution in [3.8, 4) is 11.3 Å². The van der Waals surface area contributed by atoms with Gasteiger partial charge in [0, 0.05) is 48.0 Å². The summed E-state index contributed by atoms with van der Waals surface area (Å²) in [5.41, 5.74) is 7.43. The number of carbonyl (C=O) groups excluding carboxylic acids is 1. The van der Waals surface area contributed by atoms with Crippen molar-refractivity contribution in [1.29, 1.82) is 0 Å². The SMILES string of the molecule is Cc1ccc(C(=O)Nc2ccc(C(C)(C)C)c(CCCN3CCOCC3)c2)cc1Nc1ncccc1-c1ccncn1. The number of pyridine rings is 1. The summed E-state index contributed by atoms with van der Waals surface area (Å²) in [6, 6.07) is 17.7. The van der Waals surface area contributed by atoms with Crippen molar-refractivity contribution >= 4 is 23.1 Å². The molecule has 2 N–H and O–H groups in total. The second-order valence-corrected chi connectivity index (χ2v) is 11.8. The maximum absolute atomic E-state index is 13.4. The van der Waals surface area contributed by atoms with Crippen molar-refractivity contribution in [3.05, 3.63) is 95.6 Å². The number of amides is 1. The van der Waals surface area contributed by atoms with Gasteiger partial charge in [0.1, 0.15) is 12.1 Å². The van der Waals surface area contributed by atoms with Gasteiger partial charge >= 0.3 is 0 Å². The van der Waals surface area contributed by atoms with Gasteiger partial charge in [0.05, 0.1) is 18.9 Å². The van der Waals surface area contributed by atoms with E-state index >= 15 is 0 Å². The lowest BCUT2D eigenvalue weighted by Gasteiger charge is -2.27. The molecular weight excluding hydrogens is 524 g/mol. The van der Waals surface area contributed by atoms with Gasteiger partial charge in [-0.1, -0.05) is 32.9 Å². The molecule has 2 aromatic heterocycles. The maximum atomic E-state index is 13.4. The molecule has 1 aliphatic heterocycles. The van der Waals surface area contributed by atoms with Crippen LogP contribution in [0.4, 0.5) is 17.2 Å². The molecule has 8 nitrogen and oxygen atoms in total. The summed E-state index contributed by atoms with van der Waals surface area (Å²) in [4.78, 5) is 28.8. The zero-order valence-electron chi connectivity index (χ0n) is 25.0. The highest BCUT2D eigenvalue weighted by Crippen LogP contribution is 2.31. The van der Waals surface area contributed by atoms with Crippen LogP contribution in [0.25, 0.3) is 11.3 Å². The molecule has 0 aliphatic carbocycles. The average Bonchev–Trinajstić information content (AvgIpc) is 2.99. The predicted octanol–water partition coefficient (Wildman–Crippen LogP) is 6.41. The molecule has 0 saturated carbocycles. The third kappa shape index (κ3) is 7.38. The standard InChI is InChI=1S/C34H40N6O2/c1-24-9-10-26(22-31(24)39-32-28(8-5-14-36-32)30-13-15-35-23-37-30)33(41)38-27-11-12-29(34(2,3)4)25(21-27)7-6-16-40-17-19-42-20-18-40/h5,8-15,21-23H,6-7,16-20H2,1-4H3,(H,36,39)(H,38,41). The number of nitrogens with one attached hydrogen (secondary N) is 2. The highest BCUT2D eigenvalue weighted by Gasteiger charge is 2.20. The lowest BCUT2D eigenvalue weighted by Crippen LogP contribution is -2.37. The van der Waals surface area contributed by atoms with Gasteiger partial charge in [0.25, 0.3) is 5.91 Å². The van der Waals surface area contributed by atoms with Gasteiger partial charge < -0.3 is 15.4 Å². The zero-order valence-corrected chi connectivity index (χ0v) is 25.0. The van der Waals surface area contributed by atoms with Crippen LogP contribution in [-0.4, -0.2) is 58.6 Å². The molecule has 8 heteroatoms. The number of benzene rings is 2. The minimum atomic E-state index is -0.155. The number of aryl methyl sites for hydroxylation is 2. The minimum absolute atomic E-state index is 0.0183. The first kappa shape index (κ1) is 29.4. The number of aromatic nitrogens is 3. The Morgan fingerprint density at radius 2 is 1.83 bits per heavy atom. The molecule has 1 amide bonds. The van der Waals surface area contributed by atoms with Crippen LogP contribution < -0.4 is 10.6 Å². The third-order valence-electron chi connectivity index (χ3n) is 7.61. The van der Waals surface area contributed by atoms with Crippen LogP contribution in [0.3, 0.4) is 0 Å². The summed E-state index contributed by atoms with van der Waals surface area (Å²) in [6.45, 7) is 13.4. The Kier molecular flexibility index (Phi) is 9.25. The first-order chi connectivity index (χ1) is 20.3. The molecule has 1 saturated heterocycles. The average molecular weight is 565 g/mol. The number of nitrogens with zero attached hydrogens (tertiary/aromatic N) is 4. The van der Waals surface area contributed by atoms with E-state index in [0.717, 1.165) is 73.9 Å². The summed E-state index contributed by atoms with van der Waals surface area (Å²) in [5, 5.41) is 6.56. The van der Waals surface area contributed by atoms with Gasteiger partial charge in [0.15, 0.2) is 0 Å². The van der Waals surface area contributed by atoms with Gasteiger partial charge in [-0.2, -0.15) is 0 Å². The summed E-state index contributed by atoms with van der Waals surface area (Å²) >= 11 is 0. The quantitative estimate of drug-likeness (QED) is 0.243. The van der Waals surface area contributed by atoms with Crippen molar-refractivity contribution < 1.29 is 9.53 Å². The van der Waals surface area contributed by atoms with Crippen LogP contribution in [0.1, 0.15) is 54.2 Å². The van der Waals surface area contributed by atoms with Gasteiger partial charge in [-0.25, -0.2) is 15.0 Å². The Bertz CT molecular complexity index is 1510. The highest BCUT2D eigenvalue weighted by molar-refractivity contribution is 6.05. The number of ether oxygens (including phenoxy) is 1. The Hall–Kier alpha value is -4.14. The molecular formula is C34H40N6O2. The smallest absolute Gasteiger partial charge is 0.255 e. The molecule has 3 heterocycles. The first-order valence-electron chi connectivity index (χ1n) is 14.6. The maximum Gasteiger partial charge on any atom is 0.255 e. The summed E-state index contributed by atoms with van der Waals surface area (Å²) < 4.78 is 5.49. The monoisotopic (exact) mass is 564 g/mol. The summed E-state index contributed by atoms with van der Waals surface area (Å²) in [6.07, 6.45) is 6.99. The van der Waals surface area contributed by atoms with Crippen LogP contribution in [0, 0.1) is 6.92 Å². The Morgan fingerprint density at radius 1 is 1.00 bits per heavy atom. The highest BCUT2D eigenvalue weighted by atomic mass is 16.5. The van der Waals surface area contributed by atoms with Crippen molar-refractivity contribution in [2.75, 3.05) is 43.5 Å². The summed E-state index contributed by atoms with van der Waals surface area (Å²) in [5.74, 6) is 0.509. The lowest BCUT2D eigenvalue weighted by molar-refractivity contribution is 0.0374. The number of morpholine rings is 1. The van der Waals surface area contributed by atoms with Gasteiger partial charge in [-0.05, 0) is 90.9 Å². The molecule has 2 aromatic carbocycles. The molecule has 1 fully saturated rings. The van der Waals surface area contributed by atoms with E-state index in [1.807, 2.05) is 49.4 Å². The van der Waals surface area contributed by atoms with Gasteiger partial charge in [-0.15, -0.1) is 0 Å². The van der Waals surface area contributed by atoms with Crippen molar-refractivity contribution in [1.82, 2.24) is 19.9 Å². The number of anilines is 3. The molecule has 0 unspecified atom stereocenters. The second-order valence-electron chi connectivity index (χ2n) is 11.8. The predicted molar refractivity (Wildman–Crippen MR) is 168 cm³/mol. The van der Waals surface area contributed by atoms with E-state index in [2.05, 4.69) is 63.4 Å². The molecule has 0 atom stereocenters. The normalized spacial score (nSPS) is 14.0. The summed E-state index contributed by atoms with van der Waals surface area (Å²) in [7, 11) is 0. The molecule has 42 heavy (non-hydrogen) atoms. The van der Waals surface area contributed by atoms with E-state index < -0.39 is 0 Å². The molecule has 1 aliphatic rings. The largest absolute Gasteiger partial charge is 0.379 e. The number of hydrogen-bond acceptors (Lipinski definition) is 7. The minimum Gasteiger partial charge on any atom is -0.379 e. The third-order valence-corrected chi connectivity index (χ3v) is 7.61. The van der Waals surface area contributed by atoms with Crippen molar-refractivity contribution in [3.63, 3.8) is 0 Å². The Balaban J connectivity index is 1.32.